The summed E-state index contributed by atoms with van der Waals surface area (Å²) in [5, 5.41) is 29.7. The lowest BCUT2D eigenvalue weighted by Crippen LogP contribution is -2.46. The number of carbonyl (C=O) groups excluding carboxylic acids is 2. The minimum Gasteiger partial charge on any atom is -0.508 e. The van der Waals surface area contributed by atoms with Gasteiger partial charge in [0.05, 0.1) is 0 Å². The molecule has 8 heteroatoms. The molecule has 1 aromatic rings. The van der Waals surface area contributed by atoms with Crippen molar-refractivity contribution >= 4 is 17.8 Å². The third-order valence-electron chi connectivity index (χ3n) is 3.67. The number of benzene rings is 1. The van der Waals surface area contributed by atoms with Crippen LogP contribution in [0, 0.1) is 11.8 Å². The highest BCUT2D eigenvalue weighted by Crippen LogP contribution is 2.17. The third kappa shape index (κ3) is 7.21. The van der Waals surface area contributed by atoms with Crippen molar-refractivity contribution in [3.63, 3.8) is 0 Å². The SMILES string of the molecule is CC(C)CC(CC(=O)NO)C(=O)NC(Cc1ccc(O)cc1)C(=O)O. The lowest BCUT2D eigenvalue weighted by molar-refractivity contribution is -0.143. The lowest BCUT2D eigenvalue weighted by Gasteiger charge is -2.21. The zero-order valence-electron chi connectivity index (χ0n) is 14.2. The first-order chi connectivity index (χ1) is 11.7. The van der Waals surface area contributed by atoms with Crippen molar-refractivity contribution in [2.24, 2.45) is 11.8 Å². The Hall–Kier alpha value is -2.61. The van der Waals surface area contributed by atoms with Gasteiger partial charge in [0, 0.05) is 18.8 Å². The van der Waals surface area contributed by atoms with E-state index >= 15 is 0 Å². The van der Waals surface area contributed by atoms with Crippen LogP contribution in [0.5, 0.6) is 5.75 Å². The number of hydrogen-bond donors (Lipinski definition) is 5. The van der Waals surface area contributed by atoms with E-state index in [4.69, 9.17) is 5.21 Å². The van der Waals surface area contributed by atoms with Crippen LogP contribution in [0.25, 0.3) is 0 Å². The van der Waals surface area contributed by atoms with E-state index in [2.05, 4.69) is 5.32 Å². The Kier molecular flexibility index (Phi) is 7.87. The number of carboxylic acid groups (broad SMARTS) is 1. The van der Waals surface area contributed by atoms with Crippen LogP contribution in [0.2, 0.25) is 0 Å². The third-order valence-corrected chi connectivity index (χ3v) is 3.67. The normalized spacial score (nSPS) is 13.1. The van der Waals surface area contributed by atoms with Gasteiger partial charge in [0.25, 0.3) is 0 Å². The molecule has 0 bridgehead atoms. The summed E-state index contributed by atoms with van der Waals surface area (Å²) in [4.78, 5) is 35.2. The number of carbonyl (C=O) groups is 3. The molecule has 0 aliphatic carbocycles. The fraction of sp³-hybridized carbons (Fsp3) is 0.471. The molecule has 0 radical (unpaired) electrons. The van der Waals surface area contributed by atoms with Crippen LogP contribution in [-0.4, -0.2) is 39.2 Å². The number of rotatable bonds is 9. The van der Waals surface area contributed by atoms with Gasteiger partial charge < -0.3 is 15.5 Å². The molecule has 1 rings (SSSR count). The number of amides is 2. The second-order valence-electron chi connectivity index (χ2n) is 6.34. The van der Waals surface area contributed by atoms with E-state index in [9.17, 15) is 24.6 Å². The molecule has 0 fully saturated rings. The van der Waals surface area contributed by atoms with Crippen LogP contribution in [0.1, 0.15) is 32.3 Å². The van der Waals surface area contributed by atoms with Crippen LogP contribution in [0.4, 0.5) is 0 Å². The molecule has 2 amide bonds. The Balaban J connectivity index is 2.82. The second-order valence-corrected chi connectivity index (χ2v) is 6.34. The van der Waals surface area contributed by atoms with Crippen LogP contribution in [0.3, 0.4) is 0 Å². The van der Waals surface area contributed by atoms with E-state index in [1.807, 2.05) is 13.8 Å². The smallest absolute Gasteiger partial charge is 0.326 e. The first-order valence-electron chi connectivity index (χ1n) is 7.97. The number of aliphatic carboxylic acids is 1. The molecule has 1 aromatic carbocycles. The van der Waals surface area contributed by atoms with Gasteiger partial charge in [0.15, 0.2) is 0 Å². The molecule has 0 saturated carbocycles. The first-order valence-corrected chi connectivity index (χ1v) is 7.97. The van der Waals surface area contributed by atoms with Crippen molar-refractivity contribution in [3.8, 4) is 5.75 Å². The fourth-order valence-corrected chi connectivity index (χ4v) is 2.48. The zero-order chi connectivity index (χ0) is 19.0. The van der Waals surface area contributed by atoms with E-state index in [1.54, 1.807) is 12.1 Å². The highest BCUT2D eigenvalue weighted by atomic mass is 16.5. The van der Waals surface area contributed by atoms with Gasteiger partial charge in [-0.3, -0.25) is 14.8 Å². The maximum Gasteiger partial charge on any atom is 0.326 e. The van der Waals surface area contributed by atoms with Crippen molar-refractivity contribution in [1.29, 1.82) is 0 Å². The maximum atomic E-state index is 12.4. The van der Waals surface area contributed by atoms with Gasteiger partial charge in [-0.2, -0.15) is 0 Å². The van der Waals surface area contributed by atoms with Crippen molar-refractivity contribution in [2.45, 2.75) is 39.2 Å². The van der Waals surface area contributed by atoms with Crippen molar-refractivity contribution in [2.75, 3.05) is 0 Å². The summed E-state index contributed by atoms with van der Waals surface area (Å²) in [5.74, 6) is -3.02. The van der Waals surface area contributed by atoms with Gasteiger partial charge in [-0.05, 0) is 30.0 Å². The number of phenolic OH excluding ortho intramolecular Hbond substituents is 1. The molecule has 2 unspecified atom stereocenters. The van der Waals surface area contributed by atoms with Gasteiger partial charge in [0.2, 0.25) is 11.8 Å². The molecular formula is C17H24N2O6. The summed E-state index contributed by atoms with van der Waals surface area (Å²) >= 11 is 0. The average Bonchev–Trinajstić information content (AvgIpc) is 2.54. The summed E-state index contributed by atoms with van der Waals surface area (Å²) < 4.78 is 0. The second kappa shape index (κ2) is 9.63. The van der Waals surface area contributed by atoms with E-state index in [1.165, 1.54) is 17.6 Å². The Morgan fingerprint density at radius 1 is 1.12 bits per heavy atom. The van der Waals surface area contributed by atoms with E-state index in [0.29, 0.717) is 12.0 Å². The van der Waals surface area contributed by atoms with E-state index in [-0.39, 0.29) is 24.5 Å². The number of phenols is 1. The zero-order valence-corrected chi connectivity index (χ0v) is 14.2. The largest absolute Gasteiger partial charge is 0.508 e. The minimum absolute atomic E-state index is 0.0436. The summed E-state index contributed by atoms with van der Waals surface area (Å²) in [6, 6.07) is 4.85. The predicted octanol–water partition coefficient (Wildman–Crippen LogP) is 1.06. The molecule has 0 saturated heterocycles. The summed E-state index contributed by atoms with van der Waals surface area (Å²) in [6.45, 7) is 3.75. The molecule has 0 heterocycles. The number of carboxylic acids is 1. The fourth-order valence-electron chi connectivity index (χ4n) is 2.48. The van der Waals surface area contributed by atoms with Crippen LogP contribution < -0.4 is 10.8 Å². The van der Waals surface area contributed by atoms with Crippen LogP contribution in [-0.2, 0) is 20.8 Å². The highest BCUT2D eigenvalue weighted by Gasteiger charge is 2.27. The predicted molar refractivity (Wildman–Crippen MR) is 88.9 cm³/mol. The number of hydroxylamine groups is 1. The van der Waals surface area contributed by atoms with Crippen molar-refractivity contribution < 1.29 is 29.8 Å². The van der Waals surface area contributed by atoms with E-state index in [0.717, 1.165) is 0 Å². The number of aromatic hydroxyl groups is 1. The molecule has 138 valence electrons. The van der Waals surface area contributed by atoms with Crippen molar-refractivity contribution in [1.82, 2.24) is 10.8 Å². The average molecular weight is 352 g/mol. The molecule has 25 heavy (non-hydrogen) atoms. The molecule has 0 aromatic heterocycles. The summed E-state index contributed by atoms with van der Waals surface area (Å²) in [7, 11) is 0. The van der Waals surface area contributed by atoms with Gasteiger partial charge in [-0.25, -0.2) is 10.3 Å². The maximum absolute atomic E-state index is 12.4. The standard InChI is InChI=1S/C17H24N2O6/c1-10(2)7-12(9-15(21)19-25)16(22)18-14(17(23)24)8-11-3-5-13(20)6-4-11/h3-6,10,12,14,20,25H,7-9H2,1-2H3,(H,18,22)(H,19,21)(H,23,24). The molecule has 0 aliphatic heterocycles. The van der Waals surface area contributed by atoms with Crippen molar-refractivity contribution in [3.05, 3.63) is 29.8 Å². The van der Waals surface area contributed by atoms with Gasteiger partial charge >= 0.3 is 5.97 Å². The minimum atomic E-state index is -1.20. The molecular weight excluding hydrogens is 328 g/mol. The summed E-state index contributed by atoms with van der Waals surface area (Å²) in [5.41, 5.74) is 2.12. The summed E-state index contributed by atoms with van der Waals surface area (Å²) in [6.07, 6.45) is 0.193. The van der Waals surface area contributed by atoms with Gasteiger partial charge in [-0.15, -0.1) is 0 Å². The topological polar surface area (TPSA) is 136 Å². The first kappa shape index (κ1) is 20.4. The molecule has 5 N–H and O–H groups in total. The van der Waals surface area contributed by atoms with Crippen LogP contribution in [0.15, 0.2) is 24.3 Å². The number of nitrogens with one attached hydrogen (secondary N) is 2. The molecule has 8 nitrogen and oxygen atoms in total. The quantitative estimate of drug-likeness (QED) is 0.333. The monoisotopic (exact) mass is 352 g/mol. The Labute approximate surface area is 145 Å². The van der Waals surface area contributed by atoms with Gasteiger partial charge in [0.1, 0.15) is 11.8 Å². The highest BCUT2D eigenvalue weighted by molar-refractivity contribution is 5.88. The molecule has 0 spiro atoms. The van der Waals surface area contributed by atoms with Gasteiger partial charge in [-0.1, -0.05) is 26.0 Å². The van der Waals surface area contributed by atoms with E-state index < -0.39 is 29.7 Å². The number of hydrogen-bond acceptors (Lipinski definition) is 5. The Morgan fingerprint density at radius 3 is 2.20 bits per heavy atom. The molecule has 0 aliphatic rings. The molecule has 2 atom stereocenters. The Bertz CT molecular complexity index is 600. The van der Waals surface area contributed by atoms with Crippen LogP contribution >= 0.6 is 0 Å². The Morgan fingerprint density at radius 2 is 1.72 bits per heavy atom. The lowest BCUT2D eigenvalue weighted by atomic mass is 9.92.